The van der Waals surface area contributed by atoms with Gasteiger partial charge in [-0.25, -0.2) is 8.42 Å². The Morgan fingerprint density at radius 3 is 2.83 bits per heavy atom. The molecule has 0 bridgehead atoms. The highest BCUT2D eigenvalue weighted by molar-refractivity contribution is 7.95. The van der Waals surface area contributed by atoms with Crippen molar-refractivity contribution in [2.45, 2.75) is 25.8 Å². The van der Waals surface area contributed by atoms with E-state index in [1.54, 1.807) is 0 Å². The second-order valence-electron chi connectivity index (χ2n) is 4.53. The van der Waals surface area contributed by atoms with E-state index in [9.17, 15) is 8.42 Å². The molecule has 18 heavy (non-hydrogen) atoms. The lowest BCUT2D eigenvalue weighted by Crippen LogP contribution is -2.45. The molecule has 6 heteroatoms. The Bertz CT molecular complexity index is 569. The predicted octanol–water partition coefficient (Wildman–Crippen LogP) is 1.44. The molecule has 1 unspecified atom stereocenters. The van der Waals surface area contributed by atoms with Gasteiger partial charge >= 0.3 is 0 Å². The van der Waals surface area contributed by atoms with E-state index in [1.165, 1.54) is 4.31 Å². The third kappa shape index (κ3) is 2.49. The number of nitrogens with two attached hydrogens (primary N) is 1. The molecule has 1 aliphatic rings. The predicted molar refractivity (Wildman–Crippen MR) is 77.3 cm³/mol. The molecule has 4 nitrogen and oxygen atoms in total. The topological polar surface area (TPSA) is 63.4 Å². The number of nitrogens with zero attached hydrogens (tertiary/aromatic N) is 1. The number of thiocarbonyl (C=S) groups is 1. The van der Waals surface area contributed by atoms with Gasteiger partial charge in [0.25, 0.3) is 0 Å². The molecule has 98 valence electrons. The van der Waals surface area contributed by atoms with E-state index in [-0.39, 0.29) is 16.8 Å². The Hall–Kier alpha value is -1.14. The van der Waals surface area contributed by atoms with Gasteiger partial charge in [-0.05, 0) is 31.4 Å². The molecule has 0 saturated heterocycles. The minimum Gasteiger partial charge on any atom is -0.392 e. The Morgan fingerprint density at radius 1 is 1.50 bits per heavy atom. The van der Waals surface area contributed by atoms with Crippen LogP contribution in [0, 0.1) is 0 Å². The molecule has 0 spiro atoms. The van der Waals surface area contributed by atoms with Crippen LogP contribution in [0.25, 0.3) is 0 Å². The fraction of sp³-hybridized carbons (Fsp3) is 0.417. The number of para-hydroxylation sites is 1. The highest BCUT2D eigenvalue weighted by Gasteiger charge is 2.32. The normalized spacial score (nSPS) is 19.4. The van der Waals surface area contributed by atoms with Gasteiger partial charge < -0.3 is 5.73 Å². The van der Waals surface area contributed by atoms with Gasteiger partial charge in [0.2, 0.25) is 10.0 Å². The van der Waals surface area contributed by atoms with E-state index in [1.807, 2.05) is 31.2 Å². The summed E-state index contributed by atoms with van der Waals surface area (Å²) >= 11 is 4.72. The third-order valence-electron chi connectivity index (χ3n) is 3.09. The minimum atomic E-state index is -3.48. The Labute approximate surface area is 113 Å². The molecule has 2 rings (SSSR count). The molecule has 1 aromatic rings. The van der Waals surface area contributed by atoms with Crippen LogP contribution < -0.4 is 10.0 Å². The Kier molecular flexibility index (Phi) is 3.59. The number of hydrogen-bond acceptors (Lipinski definition) is 3. The summed E-state index contributed by atoms with van der Waals surface area (Å²) < 4.78 is 26.1. The summed E-state index contributed by atoms with van der Waals surface area (Å²) in [7, 11) is -3.48. The first-order valence-electron chi connectivity index (χ1n) is 5.80. The molecule has 0 aromatic heterocycles. The third-order valence-corrected chi connectivity index (χ3v) is 5.24. The summed E-state index contributed by atoms with van der Waals surface area (Å²) in [5.41, 5.74) is 7.19. The van der Waals surface area contributed by atoms with Gasteiger partial charge in [0.15, 0.2) is 0 Å². The minimum absolute atomic E-state index is 0.00487. The monoisotopic (exact) mass is 284 g/mol. The van der Waals surface area contributed by atoms with Crippen molar-refractivity contribution in [3.05, 3.63) is 29.8 Å². The van der Waals surface area contributed by atoms with Crippen LogP contribution in [0.3, 0.4) is 0 Å². The molecule has 1 atom stereocenters. The van der Waals surface area contributed by atoms with E-state index in [0.717, 1.165) is 24.1 Å². The van der Waals surface area contributed by atoms with Crippen LogP contribution in [-0.4, -0.2) is 25.2 Å². The Balaban J connectivity index is 2.47. The van der Waals surface area contributed by atoms with Gasteiger partial charge in [-0.1, -0.05) is 30.4 Å². The SMILES string of the molecule is CC1CCc2ccccc2N1S(=O)(=O)CC(N)=S. The average Bonchev–Trinajstić information content (AvgIpc) is 2.26. The first-order chi connectivity index (χ1) is 8.42. The number of benzene rings is 1. The summed E-state index contributed by atoms with van der Waals surface area (Å²) in [5.74, 6) is -0.277. The zero-order valence-corrected chi connectivity index (χ0v) is 11.8. The van der Waals surface area contributed by atoms with Crippen LogP contribution in [0.1, 0.15) is 18.9 Å². The summed E-state index contributed by atoms with van der Waals surface area (Å²) in [5, 5.41) is 0. The Morgan fingerprint density at radius 2 is 2.17 bits per heavy atom. The molecule has 0 aliphatic carbocycles. The molecule has 0 amide bonds. The van der Waals surface area contributed by atoms with Crippen LogP contribution in [0.4, 0.5) is 5.69 Å². The fourth-order valence-corrected chi connectivity index (χ4v) is 4.41. The van der Waals surface area contributed by atoms with Crippen molar-refractivity contribution in [2.75, 3.05) is 10.1 Å². The lowest BCUT2D eigenvalue weighted by atomic mass is 9.99. The number of fused-ring (bicyclic) bond motifs is 1. The fourth-order valence-electron chi connectivity index (χ4n) is 2.33. The van der Waals surface area contributed by atoms with Crippen LogP contribution >= 0.6 is 12.2 Å². The first kappa shape index (κ1) is 13.3. The van der Waals surface area contributed by atoms with Gasteiger partial charge in [-0.3, -0.25) is 4.31 Å². The first-order valence-corrected chi connectivity index (χ1v) is 7.82. The van der Waals surface area contributed by atoms with Crippen LogP contribution in [-0.2, 0) is 16.4 Å². The number of rotatable bonds is 3. The lowest BCUT2D eigenvalue weighted by molar-refractivity contribution is 0.566. The summed E-state index contributed by atoms with van der Waals surface area (Å²) in [4.78, 5) is 0.00487. The molecule has 0 fully saturated rings. The van der Waals surface area contributed by atoms with Gasteiger partial charge in [0.1, 0.15) is 5.75 Å². The van der Waals surface area contributed by atoms with Crippen LogP contribution in [0.15, 0.2) is 24.3 Å². The van der Waals surface area contributed by atoms with Crippen LogP contribution in [0.2, 0.25) is 0 Å². The van der Waals surface area contributed by atoms with E-state index in [2.05, 4.69) is 0 Å². The van der Waals surface area contributed by atoms with Crippen molar-refractivity contribution in [1.29, 1.82) is 0 Å². The zero-order valence-electron chi connectivity index (χ0n) is 10.2. The van der Waals surface area contributed by atoms with Crippen molar-refractivity contribution < 1.29 is 8.42 Å². The molecule has 2 N–H and O–H groups in total. The molecule has 0 saturated carbocycles. The smallest absolute Gasteiger partial charge is 0.241 e. The van der Waals surface area contributed by atoms with Crippen molar-refractivity contribution in [1.82, 2.24) is 0 Å². The standard InChI is InChI=1S/C12H16N2O2S2/c1-9-6-7-10-4-2-3-5-11(10)14(9)18(15,16)8-12(13)17/h2-5,9H,6-8H2,1H3,(H2,13,17). The van der Waals surface area contributed by atoms with E-state index in [0.29, 0.717) is 0 Å². The van der Waals surface area contributed by atoms with Crippen molar-refractivity contribution in [3.8, 4) is 0 Å². The zero-order chi connectivity index (χ0) is 13.3. The average molecular weight is 284 g/mol. The highest BCUT2D eigenvalue weighted by atomic mass is 32.2. The summed E-state index contributed by atoms with van der Waals surface area (Å²) in [6.07, 6.45) is 1.71. The maximum Gasteiger partial charge on any atom is 0.241 e. The molecule has 1 aromatic carbocycles. The van der Waals surface area contributed by atoms with Gasteiger partial charge in [0, 0.05) is 6.04 Å². The molecular weight excluding hydrogens is 268 g/mol. The summed E-state index contributed by atoms with van der Waals surface area (Å²) in [6, 6.07) is 7.51. The highest BCUT2D eigenvalue weighted by Crippen LogP contribution is 2.32. The number of sulfonamides is 1. The number of aryl methyl sites for hydroxylation is 1. The maximum atomic E-state index is 12.3. The largest absolute Gasteiger partial charge is 0.392 e. The van der Waals surface area contributed by atoms with E-state index in [4.69, 9.17) is 18.0 Å². The quantitative estimate of drug-likeness (QED) is 0.853. The molecular formula is C12H16N2O2S2. The van der Waals surface area contributed by atoms with Crippen molar-refractivity contribution in [2.24, 2.45) is 5.73 Å². The molecule has 0 radical (unpaired) electrons. The number of anilines is 1. The second kappa shape index (κ2) is 4.85. The lowest BCUT2D eigenvalue weighted by Gasteiger charge is -2.35. The van der Waals surface area contributed by atoms with Crippen LogP contribution in [0.5, 0.6) is 0 Å². The molecule has 1 aliphatic heterocycles. The second-order valence-corrected chi connectivity index (χ2v) is 6.91. The van der Waals surface area contributed by atoms with Gasteiger partial charge in [0.05, 0.1) is 10.7 Å². The van der Waals surface area contributed by atoms with E-state index < -0.39 is 10.0 Å². The maximum absolute atomic E-state index is 12.3. The summed E-state index contributed by atoms with van der Waals surface area (Å²) in [6.45, 7) is 1.91. The van der Waals surface area contributed by atoms with Crippen molar-refractivity contribution >= 4 is 32.9 Å². The number of hydrogen-bond donors (Lipinski definition) is 1. The van der Waals surface area contributed by atoms with Gasteiger partial charge in [-0.15, -0.1) is 0 Å². The van der Waals surface area contributed by atoms with Gasteiger partial charge in [-0.2, -0.15) is 0 Å². The van der Waals surface area contributed by atoms with Crippen molar-refractivity contribution in [3.63, 3.8) is 0 Å². The molecule has 1 heterocycles. The van der Waals surface area contributed by atoms with E-state index >= 15 is 0 Å².